The average molecular weight is 290 g/mol. The van der Waals surface area contributed by atoms with Crippen LogP contribution in [0.15, 0.2) is 0 Å². The molecule has 110 valence electrons. The molecule has 2 aliphatic rings. The van der Waals surface area contributed by atoms with Crippen molar-refractivity contribution in [2.45, 2.75) is 18.9 Å². The number of piperazine rings is 1. The third-order valence-corrected chi connectivity index (χ3v) is 5.62. The number of nitrogens with zero attached hydrogens (tertiary/aromatic N) is 3. The molecule has 2 saturated heterocycles. The highest BCUT2D eigenvalue weighted by atomic mass is 32.2. The molecule has 0 aromatic heterocycles. The Balaban J connectivity index is 2.07. The van der Waals surface area contributed by atoms with Crippen molar-refractivity contribution in [3.05, 3.63) is 0 Å². The molecule has 0 aromatic carbocycles. The summed E-state index contributed by atoms with van der Waals surface area (Å²) in [7, 11) is -0.303. The fraction of sp³-hybridized carbons (Fsp3) is 0.909. The second-order valence-electron chi connectivity index (χ2n) is 5.21. The summed E-state index contributed by atoms with van der Waals surface area (Å²) < 4.78 is 27.0. The highest BCUT2D eigenvalue weighted by Gasteiger charge is 2.35. The van der Waals surface area contributed by atoms with Gasteiger partial charge in [-0.15, -0.1) is 0 Å². The van der Waals surface area contributed by atoms with Crippen LogP contribution < -0.4 is 5.32 Å². The number of hydrogen-bond donors (Lipinski definition) is 1. The average Bonchev–Trinajstić information content (AvgIpc) is 2.39. The highest BCUT2D eigenvalue weighted by molar-refractivity contribution is 7.86. The predicted molar refractivity (Wildman–Crippen MR) is 71.8 cm³/mol. The topological polar surface area (TPSA) is 73.0 Å². The summed E-state index contributed by atoms with van der Waals surface area (Å²) in [6, 6.07) is 0.0121. The Hall–Kier alpha value is -0.700. The minimum atomic E-state index is -3.38. The molecule has 1 N–H and O–H groups in total. The number of carbonyl (C=O) groups is 1. The lowest BCUT2D eigenvalue weighted by Gasteiger charge is -2.41. The van der Waals surface area contributed by atoms with Gasteiger partial charge < -0.3 is 10.2 Å². The Kier molecular flexibility index (Phi) is 4.44. The van der Waals surface area contributed by atoms with Crippen molar-refractivity contribution in [3.8, 4) is 0 Å². The summed E-state index contributed by atoms with van der Waals surface area (Å²) in [6.07, 6.45) is 1.68. The Labute approximate surface area is 114 Å². The fourth-order valence-electron chi connectivity index (χ4n) is 2.62. The van der Waals surface area contributed by atoms with Gasteiger partial charge in [0.1, 0.15) is 0 Å². The standard InChI is InChI=1S/C11H22N4O3S/c1-13(2)19(17,18)14-6-3-4-10(9-14)15-7-5-12-8-11(15)16/h10,12H,3-9H2,1-2H3. The third-order valence-electron chi connectivity index (χ3n) is 3.71. The maximum absolute atomic E-state index is 12.1. The van der Waals surface area contributed by atoms with Crippen LogP contribution in [0.25, 0.3) is 0 Å². The Morgan fingerprint density at radius 2 is 2.05 bits per heavy atom. The SMILES string of the molecule is CN(C)S(=O)(=O)N1CCCC(N2CCNCC2=O)C1. The van der Waals surface area contributed by atoms with Crippen molar-refractivity contribution in [1.29, 1.82) is 0 Å². The molecular formula is C11H22N4O3S. The first-order chi connectivity index (χ1) is 8.93. The molecule has 1 unspecified atom stereocenters. The largest absolute Gasteiger partial charge is 0.336 e. The normalized spacial score (nSPS) is 27.0. The van der Waals surface area contributed by atoms with Gasteiger partial charge in [0.2, 0.25) is 5.91 Å². The smallest absolute Gasteiger partial charge is 0.281 e. The number of rotatable bonds is 3. The fourth-order valence-corrected chi connectivity index (χ4v) is 3.81. The van der Waals surface area contributed by atoms with E-state index in [9.17, 15) is 13.2 Å². The maximum Gasteiger partial charge on any atom is 0.281 e. The monoisotopic (exact) mass is 290 g/mol. The van der Waals surface area contributed by atoms with Gasteiger partial charge >= 0.3 is 0 Å². The zero-order valence-corrected chi connectivity index (χ0v) is 12.3. The van der Waals surface area contributed by atoms with Crippen LogP contribution in [0.2, 0.25) is 0 Å². The first-order valence-corrected chi connectivity index (χ1v) is 8.00. The lowest BCUT2D eigenvalue weighted by Crippen LogP contribution is -2.58. The third kappa shape index (κ3) is 3.07. The summed E-state index contributed by atoms with van der Waals surface area (Å²) >= 11 is 0. The highest BCUT2D eigenvalue weighted by Crippen LogP contribution is 2.20. The van der Waals surface area contributed by atoms with Crippen LogP contribution in [0.3, 0.4) is 0 Å². The summed E-state index contributed by atoms with van der Waals surface area (Å²) in [5, 5.41) is 3.03. The molecule has 0 saturated carbocycles. The molecule has 0 aromatic rings. The molecule has 0 spiro atoms. The van der Waals surface area contributed by atoms with Crippen LogP contribution >= 0.6 is 0 Å². The minimum absolute atomic E-state index is 0.0121. The number of amides is 1. The van der Waals surface area contributed by atoms with Gasteiger partial charge in [-0.2, -0.15) is 17.0 Å². The van der Waals surface area contributed by atoms with Crippen LogP contribution in [-0.4, -0.2) is 80.7 Å². The Morgan fingerprint density at radius 3 is 2.68 bits per heavy atom. The summed E-state index contributed by atoms with van der Waals surface area (Å²) in [4.78, 5) is 13.7. The molecule has 19 heavy (non-hydrogen) atoms. The molecule has 0 radical (unpaired) electrons. The van der Waals surface area contributed by atoms with Gasteiger partial charge in [-0.25, -0.2) is 0 Å². The van der Waals surface area contributed by atoms with Gasteiger partial charge in [0.05, 0.1) is 6.54 Å². The van der Waals surface area contributed by atoms with Gasteiger partial charge in [-0.05, 0) is 12.8 Å². The second kappa shape index (κ2) is 5.74. The van der Waals surface area contributed by atoms with E-state index in [1.807, 2.05) is 4.90 Å². The van der Waals surface area contributed by atoms with Crippen molar-refractivity contribution in [2.24, 2.45) is 0 Å². The first kappa shape index (κ1) is 14.7. The van der Waals surface area contributed by atoms with E-state index >= 15 is 0 Å². The van der Waals surface area contributed by atoms with Crippen molar-refractivity contribution < 1.29 is 13.2 Å². The van der Waals surface area contributed by atoms with Gasteiger partial charge in [0.15, 0.2) is 0 Å². The van der Waals surface area contributed by atoms with Gasteiger partial charge in [0, 0.05) is 46.3 Å². The van der Waals surface area contributed by atoms with Crippen molar-refractivity contribution in [3.63, 3.8) is 0 Å². The van der Waals surface area contributed by atoms with Crippen LogP contribution in [0, 0.1) is 0 Å². The van der Waals surface area contributed by atoms with Crippen molar-refractivity contribution in [2.75, 3.05) is 46.8 Å². The summed E-state index contributed by atoms with van der Waals surface area (Å²) in [5.41, 5.74) is 0. The lowest BCUT2D eigenvalue weighted by molar-refractivity contribution is -0.135. The lowest BCUT2D eigenvalue weighted by atomic mass is 10.1. The summed E-state index contributed by atoms with van der Waals surface area (Å²) in [6.45, 7) is 2.75. The quantitative estimate of drug-likeness (QED) is 0.700. The molecular weight excluding hydrogens is 268 g/mol. The predicted octanol–water partition coefficient (Wildman–Crippen LogP) is -1.31. The van der Waals surface area contributed by atoms with E-state index in [1.54, 1.807) is 0 Å². The van der Waals surface area contributed by atoms with Crippen LogP contribution in [0.1, 0.15) is 12.8 Å². The van der Waals surface area contributed by atoms with E-state index in [-0.39, 0.29) is 11.9 Å². The minimum Gasteiger partial charge on any atom is -0.336 e. The van der Waals surface area contributed by atoms with E-state index in [4.69, 9.17) is 0 Å². The van der Waals surface area contributed by atoms with E-state index in [2.05, 4.69) is 5.32 Å². The molecule has 1 amide bonds. The molecule has 1 atom stereocenters. The molecule has 2 heterocycles. The maximum atomic E-state index is 12.1. The molecule has 2 rings (SSSR count). The van der Waals surface area contributed by atoms with Crippen molar-refractivity contribution in [1.82, 2.24) is 18.8 Å². The van der Waals surface area contributed by atoms with Crippen LogP contribution in [-0.2, 0) is 15.0 Å². The van der Waals surface area contributed by atoms with Crippen LogP contribution in [0.5, 0.6) is 0 Å². The van der Waals surface area contributed by atoms with E-state index in [1.165, 1.54) is 22.7 Å². The van der Waals surface area contributed by atoms with Gasteiger partial charge in [-0.1, -0.05) is 0 Å². The molecule has 2 aliphatic heterocycles. The van der Waals surface area contributed by atoms with E-state index in [0.29, 0.717) is 26.2 Å². The number of nitrogens with one attached hydrogen (secondary N) is 1. The molecule has 0 bridgehead atoms. The van der Waals surface area contributed by atoms with E-state index < -0.39 is 10.2 Å². The van der Waals surface area contributed by atoms with Crippen molar-refractivity contribution >= 4 is 16.1 Å². The van der Waals surface area contributed by atoms with Gasteiger partial charge in [0.25, 0.3) is 10.2 Å². The zero-order chi connectivity index (χ0) is 14.0. The molecule has 8 heteroatoms. The zero-order valence-electron chi connectivity index (χ0n) is 11.5. The first-order valence-electron chi connectivity index (χ1n) is 6.60. The molecule has 2 fully saturated rings. The molecule has 0 aliphatic carbocycles. The van der Waals surface area contributed by atoms with E-state index in [0.717, 1.165) is 19.4 Å². The summed E-state index contributed by atoms with van der Waals surface area (Å²) in [5.74, 6) is 0.0698. The number of hydrogen-bond acceptors (Lipinski definition) is 4. The van der Waals surface area contributed by atoms with Gasteiger partial charge in [-0.3, -0.25) is 4.79 Å². The number of carbonyl (C=O) groups excluding carboxylic acids is 1. The van der Waals surface area contributed by atoms with Crippen LogP contribution in [0.4, 0.5) is 0 Å². The number of piperidine rings is 1. The Bertz CT molecular complexity index is 437. The Morgan fingerprint density at radius 1 is 1.32 bits per heavy atom. The second-order valence-corrected chi connectivity index (χ2v) is 7.35. The molecule has 7 nitrogen and oxygen atoms in total.